The number of aromatic nitrogens is 1. The van der Waals surface area contributed by atoms with Crippen LogP contribution in [0.25, 0.3) is 0 Å². The number of hydrogen-bond acceptors (Lipinski definition) is 6. The van der Waals surface area contributed by atoms with Crippen LogP contribution in [0.5, 0.6) is 0 Å². The van der Waals surface area contributed by atoms with E-state index in [1.165, 1.54) is 18.3 Å². The number of nitrogens with one attached hydrogen (secondary N) is 4. The van der Waals surface area contributed by atoms with Gasteiger partial charge in [-0.15, -0.1) is 0 Å². The van der Waals surface area contributed by atoms with E-state index < -0.39 is 23.9 Å². The molecule has 0 fully saturated rings. The predicted octanol–water partition coefficient (Wildman–Crippen LogP) is 1.70. The smallest absolute Gasteiger partial charge is 0.312 e. The third kappa shape index (κ3) is 4.58. The second-order valence-electron chi connectivity index (χ2n) is 6.67. The van der Waals surface area contributed by atoms with E-state index in [1.54, 1.807) is 25.8 Å². The van der Waals surface area contributed by atoms with E-state index in [0.29, 0.717) is 5.69 Å². The van der Waals surface area contributed by atoms with Gasteiger partial charge in [0, 0.05) is 17.8 Å². The molecule has 2 heterocycles. The SMILES string of the molecule is C=CC(=O)Nc1ccc(C(=O)NC(=N)C2=C(NC(F)F)C(C)(C)N(C)C2)nc1. The summed E-state index contributed by atoms with van der Waals surface area (Å²) in [6, 6.07) is 2.85. The van der Waals surface area contributed by atoms with Gasteiger partial charge in [-0.25, -0.2) is 4.98 Å². The van der Waals surface area contributed by atoms with Crippen LogP contribution in [0.1, 0.15) is 24.3 Å². The van der Waals surface area contributed by atoms with Crippen LogP contribution < -0.4 is 16.0 Å². The summed E-state index contributed by atoms with van der Waals surface area (Å²) < 4.78 is 25.8. The summed E-state index contributed by atoms with van der Waals surface area (Å²) in [5, 5.41) is 15.1. The van der Waals surface area contributed by atoms with Crippen molar-refractivity contribution in [3.05, 3.63) is 47.9 Å². The quantitative estimate of drug-likeness (QED) is 0.255. The van der Waals surface area contributed by atoms with Gasteiger partial charge in [0.05, 0.1) is 17.4 Å². The standard InChI is InChI=1S/C18H22F2N6O2/c1-5-13(27)23-10-6-7-12(22-8-10)16(28)25-15(21)11-9-26(4)18(2,3)14(11)24-17(19)20/h5-8,17,24H,1,9H2,2-4H3,(H,23,27)(H2,21,25,28). The van der Waals surface area contributed by atoms with E-state index in [1.807, 2.05) is 0 Å². The molecule has 0 unspecified atom stereocenters. The largest absolute Gasteiger partial charge is 0.331 e. The van der Waals surface area contributed by atoms with Crippen molar-refractivity contribution in [2.75, 3.05) is 18.9 Å². The number of carbonyl (C=O) groups excluding carboxylic acids is 2. The van der Waals surface area contributed by atoms with E-state index in [4.69, 9.17) is 5.41 Å². The van der Waals surface area contributed by atoms with E-state index in [-0.39, 0.29) is 29.3 Å². The van der Waals surface area contributed by atoms with Crippen molar-refractivity contribution in [2.45, 2.75) is 25.9 Å². The van der Waals surface area contributed by atoms with Gasteiger partial charge in [-0.2, -0.15) is 8.78 Å². The van der Waals surface area contributed by atoms with Crippen LogP contribution in [0.2, 0.25) is 0 Å². The number of rotatable bonds is 6. The number of amides is 2. The zero-order valence-corrected chi connectivity index (χ0v) is 15.8. The summed E-state index contributed by atoms with van der Waals surface area (Å²) in [6.07, 6.45) is 2.39. The Kier molecular flexibility index (Phi) is 6.24. The minimum absolute atomic E-state index is 0.0101. The molecule has 150 valence electrons. The van der Waals surface area contributed by atoms with Crippen molar-refractivity contribution in [3.63, 3.8) is 0 Å². The molecule has 0 spiro atoms. The molecule has 0 atom stereocenters. The summed E-state index contributed by atoms with van der Waals surface area (Å²) in [7, 11) is 1.74. The first-order chi connectivity index (χ1) is 13.1. The topological polar surface area (TPSA) is 110 Å². The molecule has 0 aromatic carbocycles. The van der Waals surface area contributed by atoms with Crippen LogP contribution in [0.3, 0.4) is 0 Å². The third-order valence-corrected chi connectivity index (χ3v) is 4.51. The molecule has 28 heavy (non-hydrogen) atoms. The summed E-state index contributed by atoms with van der Waals surface area (Å²) >= 11 is 0. The molecule has 4 N–H and O–H groups in total. The molecule has 1 aliphatic heterocycles. The Morgan fingerprint density at radius 2 is 2.07 bits per heavy atom. The first-order valence-electron chi connectivity index (χ1n) is 8.35. The molecule has 2 amide bonds. The van der Waals surface area contributed by atoms with Gasteiger partial charge in [0.1, 0.15) is 11.5 Å². The Morgan fingerprint density at radius 3 is 2.61 bits per heavy atom. The van der Waals surface area contributed by atoms with Crippen molar-refractivity contribution in [2.24, 2.45) is 0 Å². The first-order valence-corrected chi connectivity index (χ1v) is 8.35. The molecule has 0 saturated carbocycles. The first kappa shape index (κ1) is 21.2. The molecular formula is C18H22F2N6O2. The Balaban J connectivity index is 2.15. The lowest BCUT2D eigenvalue weighted by atomic mass is 10.00. The molecule has 0 radical (unpaired) electrons. The van der Waals surface area contributed by atoms with Crippen LogP contribution in [0.15, 0.2) is 42.3 Å². The van der Waals surface area contributed by atoms with Crippen molar-refractivity contribution >= 4 is 23.3 Å². The highest BCUT2D eigenvalue weighted by molar-refractivity contribution is 6.11. The molecule has 0 bridgehead atoms. The average Bonchev–Trinajstić information content (AvgIpc) is 2.85. The highest BCUT2D eigenvalue weighted by Crippen LogP contribution is 2.32. The van der Waals surface area contributed by atoms with Crippen molar-refractivity contribution in [1.29, 1.82) is 5.41 Å². The lowest BCUT2D eigenvalue weighted by molar-refractivity contribution is -0.111. The Hall–Kier alpha value is -3.14. The fourth-order valence-corrected chi connectivity index (χ4v) is 2.70. The molecule has 1 aromatic heterocycles. The van der Waals surface area contributed by atoms with Crippen LogP contribution in [-0.2, 0) is 4.79 Å². The van der Waals surface area contributed by atoms with E-state index in [0.717, 1.165) is 6.08 Å². The summed E-state index contributed by atoms with van der Waals surface area (Å²) in [5.41, 5.74) is 0.103. The van der Waals surface area contributed by atoms with Gasteiger partial charge in [-0.05, 0) is 39.1 Å². The number of halogens is 2. The molecule has 0 saturated heterocycles. The number of amidine groups is 1. The van der Waals surface area contributed by atoms with Gasteiger partial charge in [0.25, 0.3) is 5.91 Å². The summed E-state index contributed by atoms with van der Waals surface area (Å²) in [6.45, 7) is 4.26. The Morgan fingerprint density at radius 1 is 1.39 bits per heavy atom. The maximum absolute atomic E-state index is 12.9. The molecule has 0 aliphatic carbocycles. The molecule has 10 heteroatoms. The number of carbonyl (C=O) groups is 2. The van der Waals surface area contributed by atoms with Gasteiger partial charge < -0.3 is 16.0 Å². The molecule has 1 aliphatic rings. The van der Waals surface area contributed by atoms with E-state index in [9.17, 15) is 18.4 Å². The highest BCUT2D eigenvalue weighted by atomic mass is 19.3. The highest BCUT2D eigenvalue weighted by Gasteiger charge is 2.40. The van der Waals surface area contributed by atoms with Gasteiger partial charge in [-0.1, -0.05) is 6.58 Å². The maximum atomic E-state index is 12.9. The summed E-state index contributed by atoms with van der Waals surface area (Å²) in [5.74, 6) is -1.36. The van der Waals surface area contributed by atoms with Crippen molar-refractivity contribution < 1.29 is 18.4 Å². The fraction of sp³-hybridized carbons (Fsp3) is 0.333. The van der Waals surface area contributed by atoms with E-state index >= 15 is 0 Å². The van der Waals surface area contributed by atoms with Crippen molar-refractivity contribution in [1.82, 2.24) is 20.5 Å². The van der Waals surface area contributed by atoms with Crippen LogP contribution in [0.4, 0.5) is 14.5 Å². The third-order valence-electron chi connectivity index (χ3n) is 4.51. The van der Waals surface area contributed by atoms with E-state index in [2.05, 4.69) is 27.5 Å². The fourth-order valence-electron chi connectivity index (χ4n) is 2.70. The number of anilines is 1. The molecule has 1 aromatic rings. The van der Waals surface area contributed by atoms with Gasteiger partial charge in [0.2, 0.25) is 5.91 Å². The Bertz CT molecular complexity index is 833. The lowest BCUT2D eigenvalue weighted by Crippen LogP contribution is -2.43. The second kappa shape index (κ2) is 8.26. The van der Waals surface area contributed by atoms with Crippen LogP contribution >= 0.6 is 0 Å². The van der Waals surface area contributed by atoms with Crippen LogP contribution in [0, 0.1) is 5.41 Å². The zero-order valence-electron chi connectivity index (χ0n) is 15.8. The van der Waals surface area contributed by atoms with Crippen molar-refractivity contribution in [3.8, 4) is 0 Å². The van der Waals surface area contributed by atoms with Gasteiger partial charge >= 0.3 is 6.55 Å². The minimum atomic E-state index is -2.79. The number of nitrogens with zero attached hydrogens (tertiary/aromatic N) is 2. The molecular weight excluding hydrogens is 370 g/mol. The normalized spacial score (nSPS) is 16.1. The Labute approximate surface area is 161 Å². The monoisotopic (exact) mass is 392 g/mol. The minimum Gasteiger partial charge on any atom is -0.331 e. The summed E-state index contributed by atoms with van der Waals surface area (Å²) in [4.78, 5) is 29.3. The second-order valence-corrected chi connectivity index (χ2v) is 6.67. The van der Waals surface area contributed by atoms with Gasteiger partial charge in [-0.3, -0.25) is 19.9 Å². The number of alkyl halides is 2. The lowest BCUT2D eigenvalue weighted by Gasteiger charge is -2.31. The predicted molar refractivity (Wildman–Crippen MR) is 101 cm³/mol. The number of hydrogen-bond donors (Lipinski definition) is 4. The number of likely N-dealkylation sites (N-methyl/N-ethyl adjacent to an activating group) is 1. The zero-order chi connectivity index (χ0) is 21.1. The van der Waals surface area contributed by atoms with Crippen LogP contribution in [-0.4, -0.2) is 53.2 Å². The molecule has 2 rings (SSSR count). The average molecular weight is 392 g/mol. The number of pyridine rings is 1. The van der Waals surface area contributed by atoms with Gasteiger partial charge in [0.15, 0.2) is 0 Å². The molecule has 8 nitrogen and oxygen atoms in total. The maximum Gasteiger partial charge on any atom is 0.312 e.